The lowest BCUT2D eigenvalue weighted by atomic mass is 9.83. The van der Waals surface area contributed by atoms with Crippen molar-refractivity contribution >= 4 is 28.4 Å². The smallest absolute Gasteiger partial charge is 0.351 e. The molecule has 1 amide bonds. The summed E-state index contributed by atoms with van der Waals surface area (Å²) in [6, 6.07) is 10.5. The highest BCUT2D eigenvalue weighted by Gasteiger charge is 2.51. The maximum Gasteiger partial charge on any atom is 0.351 e. The Morgan fingerprint density at radius 1 is 1.00 bits per heavy atom. The predicted octanol–water partition coefficient (Wildman–Crippen LogP) is 6.83. The molecule has 1 fully saturated rings. The third-order valence-corrected chi connectivity index (χ3v) is 18.2. The number of ether oxygens (including phenoxy) is 1. The van der Waals surface area contributed by atoms with Crippen LogP contribution < -0.4 is 11.0 Å². The molecule has 3 rings (SSSR count). The Hall–Kier alpha value is -2.12. The molecule has 2 aromatic rings. The van der Waals surface area contributed by atoms with Gasteiger partial charge in [-0.15, -0.1) is 0 Å². The van der Waals surface area contributed by atoms with Crippen molar-refractivity contribution < 1.29 is 18.4 Å². The van der Waals surface area contributed by atoms with E-state index in [0.29, 0.717) is 25.2 Å². The Kier molecular flexibility index (Phi) is 9.43. The summed E-state index contributed by atoms with van der Waals surface area (Å²) in [5.74, 6) is -0.115. The van der Waals surface area contributed by atoms with Crippen LogP contribution in [0.3, 0.4) is 0 Å². The zero-order valence-electron chi connectivity index (χ0n) is 26.3. The Balaban J connectivity index is 1.85. The molecule has 222 valence electrons. The minimum atomic E-state index is -2.04. The van der Waals surface area contributed by atoms with Crippen LogP contribution in [-0.2, 0) is 13.6 Å². The molecule has 1 saturated heterocycles. The summed E-state index contributed by atoms with van der Waals surface area (Å²) in [6.45, 7) is 25.5. The molecule has 1 N–H and O–H groups in total. The second-order valence-electron chi connectivity index (χ2n) is 14.2. The second kappa shape index (κ2) is 11.6. The van der Waals surface area contributed by atoms with Crippen molar-refractivity contribution in [2.24, 2.45) is 5.41 Å². The van der Waals surface area contributed by atoms with Gasteiger partial charge in [0.05, 0.1) is 6.10 Å². The summed E-state index contributed by atoms with van der Waals surface area (Å²) >= 11 is 0. The van der Waals surface area contributed by atoms with E-state index < -0.39 is 34.0 Å². The molecule has 0 saturated carbocycles. The Bertz CT molecular complexity index is 1200. The molecule has 1 aromatic heterocycles. The van der Waals surface area contributed by atoms with E-state index in [2.05, 4.69) is 85.0 Å². The van der Waals surface area contributed by atoms with Gasteiger partial charge in [0.15, 0.2) is 16.6 Å². The molecule has 0 bridgehead atoms. The van der Waals surface area contributed by atoms with E-state index in [0.717, 1.165) is 0 Å². The van der Waals surface area contributed by atoms with Crippen molar-refractivity contribution in [3.05, 3.63) is 58.6 Å². The van der Waals surface area contributed by atoms with Crippen molar-refractivity contribution in [3.63, 3.8) is 0 Å². The number of hydrogen-bond donors (Lipinski definition) is 1. The lowest BCUT2D eigenvalue weighted by Gasteiger charge is -2.43. The van der Waals surface area contributed by atoms with Gasteiger partial charge in [0.1, 0.15) is 12.0 Å². The zero-order chi connectivity index (χ0) is 30.1. The van der Waals surface area contributed by atoms with E-state index in [-0.39, 0.29) is 27.9 Å². The van der Waals surface area contributed by atoms with E-state index in [4.69, 9.17) is 13.6 Å². The molecule has 1 aliphatic rings. The van der Waals surface area contributed by atoms with Crippen LogP contribution in [0.1, 0.15) is 71.5 Å². The van der Waals surface area contributed by atoms with Crippen LogP contribution >= 0.6 is 0 Å². The van der Waals surface area contributed by atoms with Gasteiger partial charge in [-0.25, -0.2) is 4.79 Å². The normalized spacial score (nSPS) is 20.0. The minimum Gasteiger partial charge on any atom is -0.416 e. The largest absolute Gasteiger partial charge is 0.416 e. The third kappa shape index (κ3) is 7.20. The van der Waals surface area contributed by atoms with Crippen molar-refractivity contribution in [3.8, 4) is 0 Å². The number of amides is 1. The standard InChI is InChI=1S/C30H49N3O5Si2/c1-22-30(20-36-39(8,9)28(2,3)4,21-37-40(10,11)29(5,6)7)19-25(38-22)33-18-17-24(32-27(33)35)31-26(34)23-15-13-12-14-16-23/h12-18,22,25H,19-21H2,1-11H3,(H,31,32,34,35)/t22-,25-/m0/s1. The minimum absolute atomic E-state index is 0.0669. The zero-order valence-corrected chi connectivity index (χ0v) is 28.3. The summed E-state index contributed by atoms with van der Waals surface area (Å²) in [5.41, 5.74) is -0.404. The van der Waals surface area contributed by atoms with Crippen molar-refractivity contribution in [2.75, 3.05) is 18.5 Å². The van der Waals surface area contributed by atoms with Crippen molar-refractivity contribution in [2.45, 2.75) is 103 Å². The highest BCUT2D eigenvalue weighted by atomic mass is 28.4. The van der Waals surface area contributed by atoms with Crippen LogP contribution in [0.15, 0.2) is 47.4 Å². The summed E-state index contributed by atoms with van der Waals surface area (Å²) in [7, 11) is -4.09. The summed E-state index contributed by atoms with van der Waals surface area (Å²) in [6.07, 6.45) is 1.50. The van der Waals surface area contributed by atoms with Crippen molar-refractivity contribution in [1.29, 1.82) is 0 Å². The van der Waals surface area contributed by atoms with Crippen LogP contribution in [0.25, 0.3) is 0 Å². The topological polar surface area (TPSA) is 91.7 Å². The lowest BCUT2D eigenvalue weighted by Crippen LogP contribution is -2.50. The van der Waals surface area contributed by atoms with Crippen molar-refractivity contribution in [1.82, 2.24) is 9.55 Å². The highest BCUT2D eigenvalue weighted by molar-refractivity contribution is 6.74. The van der Waals surface area contributed by atoms with Gasteiger partial charge in [-0.1, -0.05) is 59.7 Å². The first-order valence-electron chi connectivity index (χ1n) is 14.2. The van der Waals surface area contributed by atoms with Gasteiger partial charge in [0, 0.05) is 36.8 Å². The number of nitrogens with one attached hydrogen (secondary N) is 1. The maximum absolute atomic E-state index is 13.1. The van der Waals surface area contributed by atoms with E-state index >= 15 is 0 Å². The summed E-state index contributed by atoms with van der Waals surface area (Å²) < 4.78 is 21.5. The molecule has 8 nitrogen and oxygen atoms in total. The van der Waals surface area contributed by atoms with Gasteiger partial charge in [0.25, 0.3) is 5.91 Å². The SMILES string of the molecule is C[C@@H]1O[C@H](n2ccc(NC(=O)c3ccccc3)nc2=O)CC1(CO[Si](C)(C)C(C)(C)C)CO[Si](C)(C)C(C)(C)C. The molecule has 2 heterocycles. The quantitative estimate of drug-likeness (QED) is 0.323. The van der Waals surface area contributed by atoms with E-state index in [9.17, 15) is 9.59 Å². The fourth-order valence-electron chi connectivity index (χ4n) is 4.06. The van der Waals surface area contributed by atoms with Gasteiger partial charge >= 0.3 is 5.69 Å². The molecule has 0 unspecified atom stereocenters. The fraction of sp³-hybridized carbons (Fsp3) is 0.633. The monoisotopic (exact) mass is 587 g/mol. The van der Waals surface area contributed by atoms with E-state index in [1.807, 2.05) is 6.07 Å². The lowest BCUT2D eigenvalue weighted by molar-refractivity contribution is -0.0331. The van der Waals surface area contributed by atoms with E-state index in [1.54, 1.807) is 36.5 Å². The van der Waals surface area contributed by atoms with Crippen LogP contribution in [0, 0.1) is 5.41 Å². The van der Waals surface area contributed by atoms with Gasteiger partial charge in [-0.05, 0) is 61.4 Å². The first kappa shape index (κ1) is 32.4. The van der Waals surface area contributed by atoms with Gasteiger partial charge < -0.3 is 18.9 Å². The summed E-state index contributed by atoms with van der Waals surface area (Å²) in [5, 5.41) is 2.84. The molecule has 0 aliphatic carbocycles. The number of benzene rings is 1. The molecule has 1 aliphatic heterocycles. The van der Waals surface area contributed by atoms with Gasteiger partial charge in [0.2, 0.25) is 0 Å². The van der Waals surface area contributed by atoms with Crippen LogP contribution in [0.5, 0.6) is 0 Å². The van der Waals surface area contributed by atoms with Crippen LogP contribution in [0.4, 0.5) is 5.82 Å². The number of carbonyl (C=O) groups is 1. The highest BCUT2D eigenvalue weighted by Crippen LogP contribution is 2.47. The summed E-state index contributed by atoms with van der Waals surface area (Å²) in [4.78, 5) is 29.8. The number of aromatic nitrogens is 2. The average molecular weight is 588 g/mol. The second-order valence-corrected chi connectivity index (χ2v) is 23.8. The predicted molar refractivity (Wildman–Crippen MR) is 166 cm³/mol. The Morgan fingerprint density at radius 3 is 2.00 bits per heavy atom. The number of anilines is 1. The first-order chi connectivity index (χ1) is 18.3. The number of hydrogen-bond acceptors (Lipinski definition) is 6. The van der Waals surface area contributed by atoms with Gasteiger partial charge in [-0.3, -0.25) is 9.36 Å². The molecule has 40 heavy (non-hydrogen) atoms. The van der Waals surface area contributed by atoms with Crippen LogP contribution in [-0.4, -0.2) is 51.4 Å². The molecular formula is C30H49N3O5Si2. The number of rotatable bonds is 9. The number of nitrogens with zero attached hydrogens (tertiary/aromatic N) is 2. The first-order valence-corrected chi connectivity index (χ1v) is 20.0. The number of carbonyl (C=O) groups excluding carboxylic acids is 1. The fourth-order valence-corrected chi connectivity index (χ4v) is 6.22. The molecule has 0 spiro atoms. The maximum atomic E-state index is 13.1. The van der Waals surface area contributed by atoms with E-state index in [1.165, 1.54) is 4.57 Å². The van der Waals surface area contributed by atoms with Crippen LogP contribution in [0.2, 0.25) is 36.3 Å². The molecule has 10 heteroatoms. The molecule has 0 radical (unpaired) electrons. The molecule has 1 aromatic carbocycles. The Labute approximate surface area is 242 Å². The molecular weight excluding hydrogens is 539 g/mol. The van der Waals surface area contributed by atoms with Gasteiger partial charge in [-0.2, -0.15) is 4.98 Å². The Morgan fingerprint density at radius 2 is 1.52 bits per heavy atom. The third-order valence-electron chi connectivity index (χ3n) is 9.28. The average Bonchev–Trinajstić information content (AvgIpc) is 3.17. The molecule has 2 atom stereocenters.